The fourth-order valence-electron chi connectivity index (χ4n) is 1.51. The van der Waals surface area contributed by atoms with Crippen molar-refractivity contribution in [1.82, 2.24) is 4.72 Å². The molecule has 0 radical (unpaired) electrons. The summed E-state index contributed by atoms with van der Waals surface area (Å²) in [6, 6.07) is 4.53. The molecular formula is C12H19FN2O3S. The molecule has 1 rings (SSSR count). The highest BCUT2D eigenvalue weighted by atomic mass is 32.2. The molecule has 0 bridgehead atoms. The van der Waals surface area contributed by atoms with Crippen LogP contribution in [0.25, 0.3) is 0 Å². The maximum atomic E-state index is 13.6. The molecule has 0 aliphatic heterocycles. The molecule has 7 heteroatoms. The van der Waals surface area contributed by atoms with Crippen LogP contribution in [0.2, 0.25) is 0 Å². The van der Waals surface area contributed by atoms with Crippen LogP contribution in [-0.2, 0) is 27.8 Å². The fourth-order valence-corrected chi connectivity index (χ4v) is 2.53. The molecule has 0 fully saturated rings. The van der Waals surface area contributed by atoms with Gasteiger partial charge in [-0.1, -0.05) is 12.1 Å². The minimum atomic E-state index is -3.41. The second-order valence-corrected chi connectivity index (χ2v) is 6.04. The molecule has 5 nitrogen and oxygen atoms in total. The van der Waals surface area contributed by atoms with Gasteiger partial charge in [-0.05, 0) is 18.1 Å². The average molecular weight is 290 g/mol. The first-order valence-corrected chi connectivity index (χ1v) is 7.57. The van der Waals surface area contributed by atoms with Gasteiger partial charge in [0.2, 0.25) is 10.0 Å². The SMILES string of the molecule is COCCCS(=O)(=O)NCc1ccc(CN)cc1F. The van der Waals surface area contributed by atoms with Crippen molar-refractivity contribution in [2.75, 3.05) is 19.5 Å². The third kappa shape index (κ3) is 5.65. The van der Waals surface area contributed by atoms with Gasteiger partial charge >= 0.3 is 0 Å². The number of hydrogen-bond donors (Lipinski definition) is 2. The van der Waals surface area contributed by atoms with Crippen LogP contribution in [0.3, 0.4) is 0 Å². The molecule has 0 unspecified atom stereocenters. The van der Waals surface area contributed by atoms with E-state index < -0.39 is 15.8 Å². The Kier molecular flexibility index (Phi) is 6.36. The van der Waals surface area contributed by atoms with Crippen LogP contribution < -0.4 is 10.5 Å². The van der Waals surface area contributed by atoms with Crippen LogP contribution >= 0.6 is 0 Å². The van der Waals surface area contributed by atoms with Crippen LogP contribution in [0.5, 0.6) is 0 Å². The van der Waals surface area contributed by atoms with Gasteiger partial charge in [-0.2, -0.15) is 0 Å². The number of hydrogen-bond acceptors (Lipinski definition) is 4. The van der Waals surface area contributed by atoms with Gasteiger partial charge in [0.15, 0.2) is 0 Å². The number of ether oxygens (including phenoxy) is 1. The summed E-state index contributed by atoms with van der Waals surface area (Å²) in [6.45, 7) is 0.562. The summed E-state index contributed by atoms with van der Waals surface area (Å²) in [7, 11) is -1.90. The lowest BCUT2D eigenvalue weighted by Crippen LogP contribution is -2.27. The molecule has 0 saturated heterocycles. The molecule has 19 heavy (non-hydrogen) atoms. The first-order chi connectivity index (χ1) is 8.98. The Morgan fingerprint density at radius 2 is 2.16 bits per heavy atom. The topological polar surface area (TPSA) is 81.4 Å². The van der Waals surface area contributed by atoms with Crippen molar-refractivity contribution in [3.05, 3.63) is 35.1 Å². The summed E-state index contributed by atoms with van der Waals surface area (Å²) in [5, 5.41) is 0. The number of sulfonamides is 1. The predicted octanol–water partition coefficient (Wildman–Crippen LogP) is 0.740. The van der Waals surface area contributed by atoms with Crippen molar-refractivity contribution in [1.29, 1.82) is 0 Å². The van der Waals surface area contributed by atoms with E-state index in [2.05, 4.69) is 4.72 Å². The molecular weight excluding hydrogens is 271 g/mol. The van der Waals surface area contributed by atoms with Gasteiger partial charge in [-0.15, -0.1) is 0 Å². The highest BCUT2D eigenvalue weighted by Gasteiger charge is 2.11. The van der Waals surface area contributed by atoms with Crippen LogP contribution in [0, 0.1) is 5.82 Å². The van der Waals surface area contributed by atoms with E-state index in [0.717, 1.165) is 0 Å². The van der Waals surface area contributed by atoms with Gasteiger partial charge in [0.1, 0.15) is 5.82 Å². The summed E-state index contributed by atoms with van der Waals surface area (Å²) in [5.74, 6) is -0.494. The molecule has 0 spiro atoms. The normalized spacial score (nSPS) is 11.7. The second kappa shape index (κ2) is 7.54. The summed E-state index contributed by atoms with van der Waals surface area (Å²) in [4.78, 5) is 0. The standard InChI is InChI=1S/C12H19FN2O3S/c1-18-5-2-6-19(16,17)15-9-11-4-3-10(8-14)7-12(11)13/h3-4,7,15H,2,5-6,8-9,14H2,1H3. The molecule has 1 aromatic carbocycles. The van der Waals surface area contributed by atoms with E-state index in [4.69, 9.17) is 10.5 Å². The van der Waals surface area contributed by atoms with E-state index >= 15 is 0 Å². The number of rotatable bonds is 8. The molecule has 1 aromatic rings. The van der Waals surface area contributed by atoms with Crippen LogP contribution in [0.15, 0.2) is 18.2 Å². The Morgan fingerprint density at radius 3 is 2.74 bits per heavy atom. The van der Waals surface area contributed by atoms with Crippen molar-refractivity contribution in [2.24, 2.45) is 5.73 Å². The third-order valence-corrected chi connectivity index (χ3v) is 4.01. The predicted molar refractivity (Wildman–Crippen MR) is 71.4 cm³/mol. The van der Waals surface area contributed by atoms with Crippen molar-refractivity contribution in [3.63, 3.8) is 0 Å². The first kappa shape index (κ1) is 16.0. The maximum absolute atomic E-state index is 13.6. The minimum Gasteiger partial charge on any atom is -0.385 e. The largest absolute Gasteiger partial charge is 0.385 e. The number of methoxy groups -OCH3 is 1. The molecule has 0 saturated carbocycles. The van der Waals surface area contributed by atoms with Gasteiger partial charge in [0.25, 0.3) is 0 Å². The monoisotopic (exact) mass is 290 g/mol. The molecule has 0 aromatic heterocycles. The quantitative estimate of drug-likeness (QED) is 0.692. The molecule has 0 aliphatic carbocycles. The number of halogens is 1. The summed E-state index contributed by atoms with van der Waals surface area (Å²) >= 11 is 0. The Labute approximate surface area is 113 Å². The number of nitrogens with two attached hydrogens (primary N) is 1. The van der Waals surface area contributed by atoms with E-state index in [1.54, 1.807) is 6.07 Å². The zero-order chi connectivity index (χ0) is 14.3. The lowest BCUT2D eigenvalue weighted by atomic mass is 10.1. The van der Waals surface area contributed by atoms with Crippen molar-refractivity contribution in [3.8, 4) is 0 Å². The summed E-state index contributed by atoms with van der Waals surface area (Å²) in [6.07, 6.45) is 0.403. The molecule has 0 heterocycles. The van der Waals surface area contributed by atoms with Gasteiger partial charge in [0, 0.05) is 32.4 Å². The smallest absolute Gasteiger partial charge is 0.211 e. The van der Waals surface area contributed by atoms with E-state index in [9.17, 15) is 12.8 Å². The summed E-state index contributed by atoms with van der Waals surface area (Å²) in [5.41, 5.74) is 6.36. The Bertz CT molecular complexity index is 506. The molecule has 3 N–H and O–H groups in total. The van der Waals surface area contributed by atoms with Crippen molar-refractivity contribution in [2.45, 2.75) is 19.5 Å². The minimum absolute atomic E-state index is 0.0384. The zero-order valence-corrected chi connectivity index (χ0v) is 11.7. The van der Waals surface area contributed by atoms with Crippen molar-refractivity contribution >= 4 is 10.0 Å². The van der Waals surface area contributed by atoms with E-state index in [0.29, 0.717) is 24.2 Å². The Morgan fingerprint density at radius 1 is 1.42 bits per heavy atom. The molecule has 0 aliphatic rings. The average Bonchev–Trinajstić information content (AvgIpc) is 2.37. The lowest BCUT2D eigenvalue weighted by molar-refractivity contribution is 0.199. The second-order valence-electron chi connectivity index (χ2n) is 4.12. The number of benzene rings is 1. The lowest BCUT2D eigenvalue weighted by Gasteiger charge is -2.08. The maximum Gasteiger partial charge on any atom is 0.211 e. The Hall–Kier alpha value is -1.02. The van der Waals surface area contributed by atoms with Gasteiger partial charge < -0.3 is 10.5 Å². The van der Waals surface area contributed by atoms with E-state index in [-0.39, 0.29) is 18.8 Å². The highest BCUT2D eigenvalue weighted by Crippen LogP contribution is 2.10. The van der Waals surface area contributed by atoms with Gasteiger partial charge in [-0.25, -0.2) is 17.5 Å². The summed E-state index contributed by atoms with van der Waals surface area (Å²) < 4.78 is 44.0. The van der Waals surface area contributed by atoms with Gasteiger partial charge in [-0.3, -0.25) is 0 Å². The van der Waals surface area contributed by atoms with Gasteiger partial charge in [0.05, 0.1) is 5.75 Å². The van der Waals surface area contributed by atoms with Crippen LogP contribution in [0.4, 0.5) is 4.39 Å². The third-order valence-electron chi connectivity index (χ3n) is 2.60. The van der Waals surface area contributed by atoms with E-state index in [1.165, 1.54) is 19.2 Å². The van der Waals surface area contributed by atoms with Crippen molar-refractivity contribution < 1.29 is 17.5 Å². The first-order valence-electron chi connectivity index (χ1n) is 5.92. The van der Waals surface area contributed by atoms with E-state index in [1.807, 2.05) is 0 Å². The van der Waals surface area contributed by atoms with Crippen LogP contribution in [0.1, 0.15) is 17.5 Å². The zero-order valence-electron chi connectivity index (χ0n) is 10.9. The highest BCUT2D eigenvalue weighted by molar-refractivity contribution is 7.89. The Balaban J connectivity index is 2.56. The molecule has 108 valence electrons. The van der Waals surface area contributed by atoms with Crippen LogP contribution in [-0.4, -0.2) is 27.9 Å². The molecule has 0 atom stereocenters. The fraction of sp³-hybridized carbons (Fsp3) is 0.500. The molecule has 0 amide bonds. The number of nitrogens with one attached hydrogen (secondary N) is 1.